The summed E-state index contributed by atoms with van der Waals surface area (Å²) in [6, 6.07) is 5.66. The van der Waals surface area contributed by atoms with Gasteiger partial charge in [0.05, 0.1) is 13.2 Å². The van der Waals surface area contributed by atoms with Crippen molar-refractivity contribution in [3.63, 3.8) is 0 Å². The molecule has 1 aromatic carbocycles. The Morgan fingerprint density at radius 1 is 1.21 bits per heavy atom. The van der Waals surface area contributed by atoms with Gasteiger partial charge in [-0.1, -0.05) is 19.9 Å². The summed E-state index contributed by atoms with van der Waals surface area (Å²) in [5.74, 6) is 3.50. The van der Waals surface area contributed by atoms with Gasteiger partial charge in [-0.15, -0.1) is 0 Å². The average molecular weight is 394 g/mol. The van der Waals surface area contributed by atoms with Crippen molar-refractivity contribution < 1.29 is 14.3 Å². The van der Waals surface area contributed by atoms with E-state index in [2.05, 4.69) is 19.2 Å². The smallest absolute Gasteiger partial charge is 0.226 e. The Morgan fingerprint density at radius 3 is 2.86 bits per heavy atom. The fourth-order valence-corrected chi connectivity index (χ4v) is 4.44. The van der Waals surface area contributed by atoms with E-state index >= 15 is 0 Å². The van der Waals surface area contributed by atoms with Crippen molar-refractivity contribution in [2.24, 2.45) is 5.92 Å². The summed E-state index contributed by atoms with van der Waals surface area (Å²) in [6.45, 7) is 5.51. The number of carbonyl (C=O) groups is 1. The molecule has 0 saturated heterocycles. The van der Waals surface area contributed by atoms with E-state index in [0.29, 0.717) is 31.5 Å². The first-order valence-corrected chi connectivity index (χ1v) is 10.5. The second kappa shape index (κ2) is 7.21. The van der Waals surface area contributed by atoms with Crippen LogP contribution in [0.1, 0.15) is 57.0 Å². The Bertz CT molecular complexity index is 994. The highest BCUT2D eigenvalue weighted by molar-refractivity contribution is 5.99. The largest absolute Gasteiger partial charge is 0.490 e. The van der Waals surface area contributed by atoms with Crippen molar-refractivity contribution in [3.05, 3.63) is 40.9 Å². The first-order chi connectivity index (χ1) is 14.1. The standard InChI is InChI=1S/C22H26N4O3/c1-3-5-19-24-22-23-15-10-13(2)11-16(27)20(15)21(26(22)25-19)14-6-7-17-18(12-14)29-9-4-8-28-17/h6-7,12-13,21H,3-5,8-11H2,1-2H3,(H,23,24,25). The minimum absolute atomic E-state index is 0.182. The van der Waals surface area contributed by atoms with Gasteiger partial charge in [0, 0.05) is 30.5 Å². The molecule has 2 aliphatic heterocycles. The monoisotopic (exact) mass is 394 g/mol. The second-order valence-electron chi connectivity index (χ2n) is 8.16. The molecule has 2 aromatic rings. The molecule has 0 amide bonds. The van der Waals surface area contributed by atoms with E-state index < -0.39 is 0 Å². The first kappa shape index (κ1) is 18.2. The number of nitrogens with one attached hydrogen (secondary N) is 1. The molecule has 1 aliphatic carbocycles. The quantitative estimate of drug-likeness (QED) is 0.856. The number of benzene rings is 1. The highest BCUT2D eigenvalue weighted by atomic mass is 16.5. The average Bonchev–Trinajstić information content (AvgIpc) is 2.93. The van der Waals surface area contributed by atoms with Crippen LogP contribution in [0.25, 0.3) is 0 Å². The summed E-state index contributed by atoms with van der Waals surface area (Å²) in [5, 5.41) is 8.16. The number of hydrogen-bond donors (Lipinski definition) is 1. The minimum Gasteiger partial charge on any atom is -0.490 e. The predicted octanol–water partition coefficient (Wildman–Crippen LogP) is 3.66. The van der Waals surface area contributed by atoms with E-state index in [4.69, 9.17) is 19.6 Å². The molecule has 2 atom stereocenters. The molecule has 0 saturated carbocycles. The van der Waals surface area contributed by atoms with Gasteiger partial charge >= 0.3 is 0 Å². The van der Waals surface area contributed by atoms with Crippen LogP contribution in [0.4, 0.5) is 5.95 Å². The van der Waals surface area contributed by atoms with Crippen molar-refractivity contribution in [1.29, 1.82) is 0 Å². The molecular formula is C22H26N4O3. The van der Waals surface area contributed by atoms with Crippen LogP contribution in [-0.4, -0.2) is 33.8 Å². The fourth-order valence-electron chi connectivity index (χ4n) is 4.44. The molecule has 7 heteroatoms. The highest BCUT2D eigenvalue weighted by Gasteiger charge is 2.38. The maximum atomic E-state index is 13.1. The third-order valence-electron chi connectivity index (χ3n) is 5.73. The van der Waals surface area contributed by atoms with Crippen molar-refractivity contribution in [1.82, 2.24) is 14.8 Å². The molecular weight excluding hydrogens is 368 g/mol. The lowest BCUT2D eigenvalue weighted by Gasteiger charge is -2.34. The summed E-state index contributed by atoms with van der Waals surface area (Å²) in [4.78, 5) is 17.8. The van der Waals surface area contributed by atoms with Gasteiger partial charge in [-0.25, -0.2) is 4.68 Å². The maximum Gasteiger partial charge on any atom is 0.226 e. The number of ketones is 1. The number of anilines is 1. The van der Waals surface area contributed by atoms with Crippen LogP contribution in [0.3, 0.4) is 0 Å². The summed E-state index contributed by atoms with van der Waals surface area (Å²) in [5.41, 5.74) is 2.76. The van der Waals surface area contributed by atoms with E-state index in [9.17, 15) is 4.79 Å². The highest BCUT2D eigenvalue weighted by Crippen LogP contribution is 2.43. The first-order valence-electron chi connectivity index (χ1n) is 10.5. The second-order valence-corrected chi connectivity index (χ2v) is 8.16. The minimum atomic E-state index is -0.295. The van der Waals surface area contributed by atoms with E-state index in [1.807, 2.05) is 22.9 Å². The van der Waals surface area contributed by atoms with Crippen LogP contribution >= 0.6 is 0 Å². The molecule has 152 valence electrons. The van der Waals surface area contributed by atoms with E-state index in [0.717, 1.165) is 59.8 Å². The Morgan fingerprint density at radius 2 is 2.03 bits per heavy atom. The van der Waals surface area contributed by atoms with Gasteiger partial charge in [-0.05, 0) is 36.5 Å². The molecule has 0 spiro atoms. The lowest BCUT2D eigenvalue weighted by atomic mass is 9.81. The molecule has 1 aromatic heterocycles. The van der Waals surface area contributed by atoms with E-state index in [1.54, 1.807) is 0 Å². The molecule has 1 N–H and O–H groups in total. The van der Waals surface area contributed by atoms with Crippen LogP contribution in [0.2, 0.25) is 0 Å². The number of fused-ring (bicyclic) bond motifs is 2. The molecule has 0 fully saturated rings. The lowest BCUT2D eigenvalue weighted by molar-refractivity contribution is -0.117. The zero-order valence-electron chi connectivity index (χ0n) is 16.9. The number of allylic oxidation sites excluding steroid dienone is 2. The van der Waals surface area contributed by atoms with Crippen LogP contribution in [0.5, 0.6) is 11.5 Å². The molecule has 29 heavy (non-hydrogen) atoms. The molecule has 3 heterocycles. The molecule has 0 bridgehead atoms. The number of aryl methyl sites for hydroxylation is 1. The maximum absolute atomic E-state index is 13.1. The normalized spacial score (nSPS) is 23.2. The van der Waals surface area contributed by atoms with Gasteiger partial charge < -0.3 is 14.8 Å². The lowest BCUT2D eigenvalue weighted by Crippen LogP contribution is -2.33. The van der Waals surface area contributed by atoms with Crippen molar-refractivity contribution in [2.75, 3.05) is 18.5 Å². The number of ether oxygens (including phenoxy) is 2. The molecule has 7 nitrogen and oxygen atoms in total. The summed E-state index contributed by atoms with van der Waals surface area (Å²) in [7, 11) is 0. The Balaban J connectivity index is 1.64. The van der Waals surface area contributed by atoms with Crippen LogP contribution in [-0.2, 0) is 11.2 Å². The van der Waals surface area contributed by atoms with E-state index in [1.165, 1.54) is 0 Å². The number of carbonyl (C=O) groups excluding carboxylic acids is 1. The fraction of sp³-hybridized carbons (Fsp3) is 0.500. The van der Waals surface area contributed by atoms with Gasteiger partial charge in [0.1, 0.15) is 6.04 Å². The van der Waals surface area contributed by atoms with Gasteiger partial charge in [-0.3, -0.25) is 4.79 Å². The van der Waals surface area contributed by atoms with Crippen LogP contribution < -0.4 is 14.8 Å². The zero-order chi connectivity index (χ0) is 20.0. The van der Waals surface area contributed by atoms with Crippen molar-refractivity contribution >= 4 is 11.7 Å². The summed E-state index contributed by atoms with van der Waals surface area (Å²) in [6.07, 6.45) is 4.05. The third-order valence-corrected chi connectivity index (χ3v) is 5.73. The Kier molecular flexibility index (Phi) is 4.53. The molecule has 0 radical (unpaired) electrons. The van der Waals surface area contributed by atoms with Crippen LogP contribution in [0, 0.1) is 5.92 Å². The third kappa shape index (κ3) is 3.18. The van der Waals surface area contributed by atoms with Crippen molar-refractivity contribution in [3.8, 4) is 11.5 Å². The Labute approximate surface area is 170 Å². The van der Waals surface area contributed by atoms with Crippen molar-refractivity contribution in [2.45, 2.75) is 52.0 Å². The zero-order valence-corrected chi connectivity index (χ0v) is 16.9. The molecule has 5 rings (SSSR count). The molecule has 3 aliphatic rings. The van der Waals surface area contributed by atoms with Gasteiger partial charge in [0.2, 0.25) is 5.95 Å². The molecule has 2 unspecified atom stereocenters. The number of nitrogens with zero attached hydrogens (tertiary/aromatic N) is 3. The summed E-state index contributed by atoms with van der Waals surface area (Å²) >= 11 is 0. The predicted molar refractivity (Wildman–Crippen MR) is 108 cm³/mol. The number of aromatic nitrogens is 3. The number of hydrogen-bond acceptors (Lipinski definition) is 6. The van der Waals surface area contributed by atoms with Gasteiger partial charge in [0.25, 0.3) is 0 Å². The SMILES string of the molecule is CCCc1nc2n(n1)C(c1ccc3c(c1)OCCCO3)C1=C(CC(C)CC1=O)N2. The van der Waals surface area contributed by atoms with E-state index in [-0.39, 0.29) is 11.8 Å². The Hall–Kier alpha value is -2.83. The number of Topliss-reactive ketones (excluding diaryl/α,β-unsaturated/α-hetero) is 1. The topological polar surface area (TPSA) is 78.3 Å². The van der Waals surface area contributed by atoms with Gasteiger partial charge in [-0.2, -0.15) is 10.1 Å². The van der Waals surface area contributed by atoms with Gasteiger partial charge in [0.15, 0.2) is 23.1 Å². The van der Waals surface area contributed by atoms with Crippen LogP contribution in [0.15, 0.2) is 29.5 Å². The number of rotatable bonds is 3. The summed E-state index contributed by atoms with van der Waals surface area (Å²) < 4.78 is 13.6.